The number of ether oxygens (including phenoxy) is 1. The van der Waals surface area contributed by atoms with Crippen LogP contribution in [0.3, 0.4) is 0 Å². The quantitative estimate of drug-likeness (QED) is 0.784. The first-order chi connectivity index (χ1) is 7.68. The van der Waals surface area contributed by atoms with Gasteiger partial charge >= 0.3 is 0 Å². The Morgan fingerprint density at radius 1 is 1.31 bits per heavy atom. The second kappa shape index (κ2) is 4.10. The Balaban J connectivity index is 2.09. The minimum absolute atomic E-state index is 0.215. The van der Waals surface area contributed by atoms with E-state index in [1.165, 1.54) is 0 Å². The zero-order chi connectivity index (χ0) is 11.5. The molecular weight excluding hydrogens is 206 g/mol. The minimum Gasteiger partial charge on any atom is -0.501 e. The van der Waals surface area contributed by atoms with Crippen LogP contribution in [0.1, 0.15) is 5.56 Å². The van der Waals surface area contributed by atoms with E-state index in [1.54, 1.807) is 12.2 Å². The monoisotopic (exact) mass is 217 g/mol. The average molecular weight is 217 g/mol. The molecule has 1 heterocycles. The maximum Gasteiger partial charge on any atom is 0.247 e. The van der Waals surface area contributed by atoms with Crippen molar-refractivity contribution in [3.63, 3.8) is 0 Å². The summed E-state index contributed by atoms with van der Waals surface area (Å²) >= 11 is 0. The number of aliphatic hydroxyl groups excluding tert-OH is 1. The minimum atomic E-state index is -0.819. The van der Waals surface area contributed by atoms with Crippen molar-refractivity contribution >= 4 is 11.9 Å². The molecule has 0 radical (unpaired) electrons. The van der Waals surface area contributed by atoms with Crippen molar-refractivity contribution in [2.75, 3.05) is 0 Å². The fourth-order valence-corrected chi connectivity index (χ4v) is 1.39. The van der Waals surface area contributed by atoms with Crippen LogP contribution in [0.25, 0.3) is 6.08 Å². The van der Waals surface area contributed by atoms with Gasteiger partial charge in [0.1, 0.15) is 0 Å². The lowest BCUT2D eigenvalue weighted by Crippen LogP contribution is -2.15. The van der Waals surface area contributed by atoms with Gasteiger partial charge in [-0.15, -0.1) is 0 Å². The number of Topliss-reactive ketones (excluding diaryl/α,β-unsaturated/α-hetero) is 1. The van der Waals surface area contributed by atoms with Gasteiger partial charge in [-0.1, -0.05) is 36.4 Å². The maximum absolute atomic E-state index is 11.4. The number of carbonyl (C=O) groups excluding carboxylic acids is 1. The van der Waals surface area contributed by atoms with Crippen LogP contribution < -0.4 is 5.73 Å². The topological polar surface area (TPSA) is 72.5 Å². The third kappa shape index (κ3) is 1.91. The SMILES string of the molecule is NC1=C(O)C(=O)C(/C=C/c2ccccc2)O1. The van der Waals surface area contributed by atoms with E-state index in [0.717, 1.165) is 5.56 Å². The van der Waals surface area contributed by atoms with Crippen LogP contribution in [0.4, 0.5) is 0 Å². The van der Waals surface area contributed by atoms with E-state index in [0.29, 0.717) is 0 Å². The van der Waals surface area contributed by atoms with Gasteiger partial charge in [0.15, 0.2) is 6.10 Å². The molecule has 0 saturated carbocycles. The number of aliphatic hydroxyl groups is 1. The van der Waals surface area contributed by atoms with Crippen LogP contribution in [-0.4, -0.2) is 17.0 Å². The molecule has 1 aromatic carbocycles. The van der Waals surface area contributed by atoms with E-state index in [-0.39, 0.29) is 5.88 Å². The molecule has 0 aromatic heterocycles. The van der Waals surface area contributed by atoms with Crippen LogP contribution in [0, 0.1) is 0 Å². The van der Waals surface area contributed by atoms with E-state index in [4.69, 9.17) is 10.5 Å². The van der Waals surface area contributed by atoms with Gasteiger partial charge in [-0.3, -0.25) is 4.79 Å². The lowest BCUT2D eigenvalue weighted by molar-refractivity contribution is -0.121. The summed E-state index contributed by atoms with van der Waals surface area (Å²) in [5.74, 6) is -1.22. The molecule has 0 saturated heterocycles. The predicted octanol–water partition coefficient (Wildman–Crippen LogP) is 1.35. The molecule has 0 amide bonds. The fraction of sp³-hybridized carbons (Fsp3) is 0.0833. The molecule has 2 rings (SSSR count). The van der Waals surface area contributed by atoms with Crippen molar-refractivity contribution in [3.8, 4) is 0 Å². The third-order valence-electron chi connectivity index (χ3n) is 2.24. The van der Waals surface area contributed by atoms with E-state index < -0.39 is 17.6 Å². The van der Waals surface area contributed by atoms with Gasteiger partial charge in [0, 0.05) is 0 Å². The van der Waals surface area contributed by atoms with E-state index in [1.807, 2.05) is 30.3 Å². The van der Waals surface area contributed by atoms with Crippen LogP contribution in [-0.2, 0) is 9.53 Å². The zero-order valence-corrected chi connectivity index (χ0v) is 8.46. The van der Waals surface area contributed by atoms with Crippen LogP contribution in [0.15, 0.2) is 48.1 Å². The number of benzene rings is 1. The molecule has 0 bridgehead atoms. The molecule has 16 heavy (non-hydrogen) atoms. The molecule has 4 heteroatoms. The van der Waals surface area contributed by atoms with Gasteiger partial charge in [-0.2, -0.15) is 0 Å². The van der Waals surface area contributed by atoms with Crippen molar-refractivity contribution in [3.05, 3.63) is 53.6 Å². The summed E-state index contributed by atoms with van der Waals surface area (Å²) in [7, 11) is 0. The molecule has 1 atom stereocenters. The van der Waals surface area contributed by atoms with Gasteiger partial charge < -0.3 is 15.6 Å². The number of ketones is 1. The Bertz CT molecular complexity index is 462. The smallest absolute Gasteiger partial charge is 0.247 e. The third-order valence-corrected chi connectivity index (χ3v) is 2.24. The zero-order valence-electron chi connectivity index (χ0n) is 8.46. The summed E-state index contributed by atoms with van der Waals surface area (Å²) in [6, 6.07) is 9.47. The molecule has 1 aromatic rings. The Kier molecular flexibility index (Phi) is 2.64. The molecular formula is C12H11NO3. The first-order valence-electron chi connectivity index (χ1n) is 4.81. The highest BCUT2D eigenvalue weighted by molar-refractivity contribution is 6.00. The lowest BCUT2D eigenvalue weighted by atomic mass is 10.1. The highest BCUT2D eigenvalue weighted by Crippen LogP contribution is 2.17. The van der Waals surface area contributed by atoms with Crippen molar-refractivity contribution in [1.29, 1.82) is 0 Å². The van der Waals surface area contributed by atoms with E-state index in [2.05, 4.69) is 0 Å². The van der Waals surface area contributed by atoms with Gasteiger partial charge in [0.25, 0.3) is 0 Å². The number of carbonyl (C=O) groups is 1. The Morgan fingerprint density at radius 2 is 2.00 bits per heavy atom. The molecule has 4 nitrogen and oxygen atoms in total. The summed E-state index contributed by atoms with van der Waals surface area (Å²) < 4.78 is 4.98. The Hall–Kier alpha value is -2.23. The van der Waals surface area contributed by atoms with Crippen molar-refractivity contribution in [2.24, 2.45) is 5.73 Å². The average Bonchev–Trinajstić information content (AvgIpc) is 2.56. The van der Waals surface area contributed by atoms with Crippen molar-refractivity contribution in [1.82, 2.24) is 0 Å². The first kappa shape index (κ1) is 10.3. The molecule has 1 aliphatic heterocycles. The number of rotatable bonds is 2. The number of hydrogen-bond acceptors (Lipinski definition) is 4. The van der Waals surface area contributed by atoms with Crippen molar-refractivity contribution in [2.45, 2.75) is 6.10 Å². The molecule has 0 fully saturated rings. The highest BCUT2D eigenvalue weighted by atomic mass is 16.5. The molecule has 1 unspecified atom stereocenters. The van der Waals surface area contributed by atoms with Gasteiger partial charge in [0.2, 0.25) is 17.4 Å². The summed E-state index contributed by atoms with van der Waals surface area (Å²) in [4.78, 5) is 11.4. The molecule has 1 aliphatic rings. The summed E-state index contributed by atoms with van der Waals surface area (Å²) in [5.41, 5.74) is 6.23. The molecule has 82 valence electrons. The Morgan fingerprint density at radius 3 is 2.56 bits per heavy atom. The normalized spacial score (nSPS) is 20.5. The van der Waals surface area contributed by atoms with Crippen LogP contribution >= 0.6 is 0 Å². The molecule has 0 aliphatic carbocycles. The lowest BCUT2D eigenvalue weighted by Gasteiger charge is -2.02. The standard InChI is InChI=1S/C12H11NO3/c13-12-11(15)10(14)9(16-12)7-6-8-4-2-1-3-5-8/h1-7,9,15H,13H2/b7-6+. The van der Waals surface area contributed by atoms with Gasteiger partial charge in [-0.25, -0.2) is 0 Å². The van der Waals surface area contributed by atoms with Gasteiger partial charge in [0.05, 0.1) is 0 Å². The van der Waals surface area contributed by atoms with E-state index in [9.17, 15) is 9.90 Å². The summed E-state index contributed by atoms with van der Waals surface area (Å²) in [6.07, 6.45) is 2.49. The van der Waals surface area contributed by atoms with E-state index >= 15 is 0 Å². The van der Waals surface area contributed by atoms with Crippen LogP contribution in [0.5, 0.6) is 0 Å². The predicted molar refractivity (Wildman–Crippen MR) is 59.2 cm³/mol. The van der Waals surface area contributed by atoms with Crippen LogP contribution in [0.2, 0.25) is 0 Å². The van der Waals surface area contributed by atoms with Crippen molar-refractivity contribution < 1.29 is 14.6 Å². The maximum atomic E-state index is 11.4. The summed E-state index contributed by atoms with van der Waals surface area (Å²) in [5, 5.41) is 9.18. The second-order valence-electron chi connectivity index (χ2n) is 3.39. The second-order valence-corrected chi connectivity index (χ2v) is 3.39. The number of nitrogens with two attached hydrogens (primary N) is 1. The highest BCUT2D eigenvalue weighted by Gasteiger charge is 2.31. The largest absolute Gasteiger partial charge is 0.501 e. The number of hydrogen-bond donors (Lipinski definition) is 2. The molecule has 3 N–H and O–H groups in total. The molecule has 0 spiro atoms. The van der Waals surface area contributed by atoms with Gasteiger partial charge in [-0.05, 0) is 11.6 Å². The Labute approximate surface area is 92.6 Å². The summed E-state index contributed by atoms with van der Waals surface area (Å²) in [6.45, 7) is 0. The first-order valence-corrected chi connectivity index (χ1v) is 4.81. The fourth-order valence-electron chi connectivity index (χ4n) is 1.39.